The van der Waals surface area contributed by atoms with Gasteiger partial charge in [0.2, 0.25) is 10.0 Å². The lowest BCUT2D eigenvalue weighted by Crippen LogP contribution is -2.35. The minimum Gasteiger partial charge on any atom is -0.307 e. The van der Waals surface area contributed by atoms with Gasteiger partial charge in [-0.05, 0) is 55.2 Å². The van der Waals surface area contributed by atoms with Gasteiger partial charge in [-0.15, -0.1) is 11.3 Å². The first kappa shape index (κ1) is 18.0. The molecule has 138 valence electrons. The van der Waals surface area contributed by atoms with E-state index in [4.69, 9.17) is 11.6 Å². The molecule has 0 radical (unpaired) electrons. The van der Waals surface area contributed by atoms with Crippen molar-refractivity contribution in [2.24, 2.45) is 0 Å². The number of amides is 1. The molecule has 0 bridgehead atoms. The number of carbonyl (C=O) groups excluding carboxylic acids is 1. The fourth-order valence-electron chi connectivity index (χ4n) is 3.57. The topological polar surface area (TPSA) is 57.7 Å². The molecule has 2 aromatic rings. The second kappa shape index (κ2) is 6.96. The fourth-order valence-corrected chi connectivity index (χ4v) is 6.13. The molecule has 1 amide bonds. The summed E-state index contributed by atoms with van der Waals surface area (Å²) in [5.41, 5.74) is 1.69. The van der Waals surface area contributed by atoms with Crippen LogP contribution in [-0.2, 0) is 16.4 Å². The van der Waals surface area contributed by atoms with Crippen LogP contribution in [0.25, 0.3) is 0 Å². The molecule has 1 aromatic carbocycles. The van der Waals surface area contributed by atoms with Crippen molar-refractivity contribution in [2.45, 2.75) is 30.6 Å². The summed E-state index contributed by atoms with van der Waals surface area (Å²) in [6, 6.07) is 8.54. The number of hydrogen-bond donors (Lipinski definition) is 0. The highest BCUT2D eigenvalue weighted by Gasteiger charge is 2.30. The van der Waals surface area contributed by atoms with Crippen molar-refractivity contribution in [1.29, 1.82) is 0 Å². The summed E-state index contributed by atoms with van der Waals surface area (Å²) in [6.07, 6.45) is 3.56. The van der Waals surface area contributed by atoms with Crippen LogP contribution in [-0.4, -0.2) is 38.3 Å². The zero-order valence-electron chi connectivity index (χ0n) is 14.2. The van der Waals surface area contributed by atoms with E-state index in [1.165, 1.54) is 11.3 Å². The van der Waals surface area contributed by atoms with Gasteiger partial charge in [0.1, 0.15) is 0 Å². The lowest BCUT2D eigenvalue weighted by atomic mass is 10.2. The minimum atomic E-state index is -3.46. The molecule has 0 unspecified atom stereocenters. The predicted molar refractivity (Wildman–Crippen MR) is 104 cm³/mol. The van der Waals surface area contributed by atoms with Gasteiger partial charge in [-0.25, -0.2) is 8.42 Å². The maximum atomic E-state index is 12.9. The van der Waals surface area contributed by atoms with E-state index in [2.05, 4.69) is 0 Å². The van der Waals surface area contributed by atoms with Crippen LogP contribution in [0.2, 0.25) is 4.34 Å². The second-order valence-corrected chi connectivity index (χ2v) is 10.2. The van der Waals surface area contributed by atoms with E-state index in [1.807, 2.05) is 0 Å². The molecule has 1 fully saturated rings. The molecule has 4 rings (SSSR count). The van der Waals surface area contributed by atoms with Gasteiger partial charge in [0, 0.05) is 25.3 Å². The van der Waals surface area contributed by atoms with E-state index in [9.17, 15) is 13.2 Å². The lowest BCUT2D eigenvalue weighted by molar-refractivity contribution is 0.0993. The van der Waals surface area contributed by atoms with Crippen molar-refractivity contribution in [3.05, 3.63) is 45.1 Å². The number of nitrogens with zero attached hydrogens (tertiary/aromatic N) is 2. The highest BCUT2D eigenvalue weighted by atomic mass is 35.5. The number of fused-ring (bicyclic) bond motifs is 1. The van der Waals surface area contributed by atoms with Crippen molar-refractivity contribution >= 4 is 44.6 Å². The molecule has 1 aromatic heterocycles. The Balaban J connectivity index is 1.61. The number of rotatable bonds is 3. The van der Waals surface area contributed by atoms with Crippen LogP contribution >= 0.6 is 22.9 Å². The molecule has 5 nitrogen and oxygen atoms in total. The Morgan fingerprint density at radius 3 is 2.50 bits per heavy atom. The standard InChI is InChI=1S/C18H19ClN2O3S2/c19-17-7-6-16(25-17)18(22)21-11-8-13-12-14(4-5-15(13)21)26(23,24)20-9-2-1-3-10-20/h4-7,12H,1-3,8-11H2. The summed E-state index contributed by atoms with van der Waals surface area (Å²) in [4.78, 5) is 15.3. The van der Waals surface area contributed by atoms with Crippen molar-refractivity contribution in [1.82, 2.24) is 4.31 Å². The number of hydrogen-bond acceptors (Lipinski definition) is 4. The summed E-state index contributed by atoms with van der Waals surface area (Å²) >= 11 is 7.19. The van der Waals surface area contributed by atoms with Gasteiger partial charge in [0.15, 0.2) is 0 Å². The van der Waals surface area contributed by atoms with Crippen LogP contribution in [0.3, 0.4) is 0 Å². The Morgan fingerprint density at radius 1 is 1.04 bits per heavy atom. The van der Waals surface area contributed by atoms with Gasteiger partial charge in [-0.3, -0.25) is 4.79 Å². The smallest absolute Gasteiger partial charge is 0.268 e. The Morgan fingerprint density at radius 2 is 1.81 bits per heavy atom. The molecule has 8 heteroatoms. The molecule has 0 atom stereocenters. The van der Waals surface area contributed by atoms with E-state index < -0.39 is 10.0 Å². The van der Waals surface area contributed by atoms with Crippen molar-refractivity contribution in [3.63, 3.8) is 0 Å². The predicted octanol–water partition coefficient (Wildman–Crippen LogP) is 3.78. The fraction of sp³-hybridized carbons (Fsp3) is 0.389. The first-order chi connectivity index (χ1) is 12.5. The first-order valence-electron chi connectivity index (χ1n) is 8.67. The molecular formula is C18H19ClN2O3S2. The average molecular weight is 411 g/mol. The van der Waals surface area contributed by atoms with E-state index in [0.717, 1.165) is 30.5 Å². The highest BCUT2D eigenvalue weighted by Crippen LogP contribution is 2.34. The zero-order valence-corrected chi connectivity index (χ0v) is 16.5. The third-order valence-electron chi connectivity index (χ3n) is 4.93. The van der Waals surface area contributed by atoms with Gasteiger partial charge in [0.05, 0.1) is 14.1 Å². The Bertz CT molecular complexity index is 949. The van der Waals surface area contributed by atoms with Gasteiger partial charge in [-0.2, -0.15) is 4.31 Å². The maximum absolute atomic E-state index is 12.9. The average Bonchev–Trinajstić information content (AvgIpc) is 3.27. The lowest BCUT2D eigenvalue weighted by Gasteiger charge is -2.26. The van der Waals surface area contributed by atoms with Crippen molar-refractivity contribution in [2.75, 3.05) is 24.5 Å². The van der Waals surface area contributed by atoms with E-state index in [-0.39, 0.29) is 5.91 Å². The Labute approximate surface area is 162 Å². The summed E-state index contributed by atoms with van der Waals surface area (Å²) in [5, 5.41) is 0. The van der Waals surface area contributed by atoms with Crippen molar-refractivity contribution < 1.29 is 13.2 Å². The monoisotopic (exact) mass is 410 g/mol. The van der Waals surface area contributed by atoms with Gasteiger partial charge in [0.25, 0.3) is 5.91 Å². The van der Waals surface area contributed by atoms with Gasteiger partial charge < -0.3 is 4.90 Å². The van der Waals surface area contributed by atoms with Crippen molar-refractivity contribution in [3.8, 4) is 0 Å². The van der Waals surface area contributed by atoms with Crippen LogP contribution in [0.15, 0.2) is 35.2 Å². The van der Waals surface area contributed by atoms with E-state index in [1.54, 1.807) is 39.5 Å². The Hall–Kier alpha value is -1.41. The molecule has 0 spiro atoms. The molecule has 2 aliphatic rings. The quantitative estimate of drug-likeness (QED) is 0.773. The first-order valence-corrected chi connectivity index (χ1v) is 11.3. The number of anilines is 1. The largest absolute Gasteiger partial charge is 0.307 e. The van der Waals surface area contributed by atoms with E-state index >= 15 is 0 Å². The highest BCUT2D eigenvalue weighted by molar-refractivity contribution is 7.89. The van der Waals surface area contributed by atoms with Crippen LogP contribution in [0.4, 0.5) is 5.69 Å². The molecule has 0 aliphatic carbocycles. The molecule has 2 aliphatic heterocycles. The summed E-state index contributed by atoms with van der Waals surface area (Å²) < 4.78 is 27.9. The third kappa shape index (κ3) is 3.17. The molecule has 26 heavy (non-hydrogen) atoms. The number of thiophene rings is 1. The summed E-state index contributed by atoms with van der Waals surface area (Å²) in [6.45, 7) is 1.73. The third-order valence-corrected chi connectivity index (χ3v) is 8.04. The van der Waals surface area contributed by atoms with Crippen LogP contribution < -0.4 is 4.90 Å². The SMILES string of the molecule is O=C(c1ccc(Cl)s1)N1CCc2cc(S(=O)(=O)N3CCCCC3)ccc21. The van der Waals surface area contributed by atoms with E-state index in [0.29, 0.717) is 40.2 Å². The Kier molecular flexibility index (Phi) is 4.81. The number of piperidine rings is 1. The number of halogens is 1. The number of sulfonamides is 1. The van der Waals surface area contributed by atoms with Gasteiger partial charge in [-0.1, -0.05) is 18.0 Å². The normalized spacial score (nSPS) is 18.1. The molecule has 0 saturated carbocycles. The van der Waals surface area contributed by atoms with Crippen LogP contribution in [0.1, 0.15) is 34.5 Å². The number of benzene rings is 1. The molecule has 3 heterocycles. The van der Waals surface area contributed by atoms with Crippen LogP contribution in [0, 0.1) is 0 Å². The van der Waals surface area contributed by atoms with Crippen LogP contribution in [0.5, 0.6) is 0 Å². The maximum Gasteiger partial charge on any atom is 0.268 e. The molecule has 1 saturated heterocycles. The molecule has 0 N–H and O–H groups in total. The zero-order chi connectivity index (χ0) is 18.3. The van der Waals surface area contributed by atoms with Gasteiger partial charge >= 0.3 is 0 Å². The summed E-state index contributed by atoms with van der Waals surface area (Å²) in [7, 11) is -3.46. The number of carbonyl (C=O) groups is 1. The minimum absolute atomic E-state index is 0.0905. The second-order valence-electron chi connectivity index (χ2n) is 6.57. The summed E-state index contributed by atoms with van der Waals surface area (Å²) in [5.74, 6) is -0.0905. The molecular weight excluding hydrogens is 392 g/mol.